The lowest BCUT2D eigenvalue weighted by Gasteiger charge is -2.34. The highest BCUT2D eigenvalue weighted by molar-refractivity contribution is 5.89. The van der Waals surface area contributed by atoms with Crippen LogP contribution in [0.25, 0.3) is 34.2 Å². The number of nitrogens with zero attached hydrogens (tertiary/aromatic N) is 3. The third-order valence-electron chi connectivity index (χ3n) is 12.8. The summed E-state index contributed by atoms with van der Waals surface area (Å²) >= 11 is 0. The van der Waals surface area contributed by atoms with E-state index in [0.717, 1.165) is 44.9 Å². The molecule has 0 bridgehead atoms. The molecule has 5 aliphatic carbocycles. The van der Waals surface area contributed by atoms with Crippen LogP contribution in [-0.4, -0.2) is 10.6 Å². The van der Waals surface area contributed by atoms with Crippen LogP contribution in [0.2, 0.25) is 0 Å². The second-order valence-corrected chi connectivity index (χ2v) is 16.3. The highest BCUT2D eigenvalue weighted by Gasteiger charge is 2.38. The van der Waals surface area contributed by atoms with Crippen molar-refractivity contribution in [2.45, 2.75) is 70.3 Å². The highest BCUT2D eigenvalue weighted by atomic mass is 15.2. The van der Waals surface area contributed by atoms with E-state index < -0.39 is 0 Å². The first-order chi connectivity index (χ1) is 27.0. The maximum atomic E-state index is 2.56. The molecule has 4 aromatic carbocycles. The first-order valence-corrected chi connectivity index (χ1v) is 20.3. The summed E-state index contributed by atoms with van der Waals surface area (Å²) in [4.78, 5) is 5.05. The van der Waals surface area contributed by atoms with Gasteiger partial charge in [-0.05, 0) is 133 Å². The number of aryl methyl sites for hydroxylation is 1. The van der Waals surface area contributed by atoms with Gasteiger partial charge in [0.1, 0.15) is 0 Å². The second-order valence-electron chi connectivity index (χ2n) is 16.3. The molecule has 0 saturated carbocycles. The molecule has 0 aliphatic heterocycles. The van der Waals surface area contributed by atoms with Gasteiger partial charge in [-0.3, -0.25) is 0 Å². The number of anilines is 3. The topological polar surface area (TPSA) is 11.4 Å². The average Bonchev–Trinajstić information content (AvgIpc) is 3.65. The molecule has 0 saturated heterocycles. The van der Waals surface area contributed by atoms with Gasteiger partial charge in [0.15, 0.2) is 0 Å². The molecule has 5 aromatic rings. The molecule has 0 fully saturated rings. The molecule has 1 atom stereocenters. The summed E-state index contributed by atoms with van der Waals surface area (Å²) in [5.41, 5.74) is 16.2. The largest absolute Gasteiger partial charge is 0.344 e. The van der Waals surface area contributed by atoms with Gasteiger partial charge in [-0.15, -0.1) is 0 Å². The SMILES string of the molecule is Cn1c2c(c3ccccc31)=CCC(N(C1=CCCC=C1)c1ccc(C3=CC=C(N(c4ccccc4)c4ccc5c(c4)C(C)(C)C4=C5C=CCC4)CC3)cc1)C=2. The minimum atomic E-state index is 0.0412. The van der Waals surface area contributed by atoms with Gasteiger partial charge in [0.2, 0.25) is 0 Å². The third kappa shape index (κ3) is 5.71. The second kappa shape index (κ2) is 13.5. The zero-order valence-corrected chi connectivity index (χ0v) is 32.3. The van der Waals surface area contributed by atoms with E-state index in [1.165, 1.54) is 77.8 Å². The Morgan fingerprint density at radius 1 is 0.709 bits per heavy atom. The molecule has 0 radical (unpaired) electrons. The zero-order chi connectivity index (χ0) is 37.1. The van der Waals surface area contributed by atoms with Crippen molar-refractivity contribution < 1.29 is 0 Å². The predicted octanol–water partition coefficient (Wildman–Crippen LogP) is 11.5. The van der Waals surface area contributed by atoms with Crippen molar-refractivity contribution in [3.05, 3.63) is 184 Å². The van der Waals surface area contributed by atoms with Crippen LogP contribution in [0.1, 0.15) is 75.5 Å². The Kier molecular flexibility index (Phi) is 8.28. The fraction of sp³-hybridized carbons (Fsp3) is 0.231. The van der Waals surface area contributed by atoms with E-state index in [0.29, 0.717) is 0 Å². The lowest BCUT2D eigenvalue weighted by molar-refractivity contribution is 0.607. The first-order valence-electron chi connectivity index (χ1n) is 20.3. The van der Waals surface area contributed by atoms with Crippen LogP contribution in [0.4, 0.5) is 17.1 Å². The van der Waals surface area contributed by atoms with Gasteiger partial charge in [0, 0.05) is 62.4 Å². The number of hydrogen-bond acceptors (Lipinski definition) is 2. The van der Waals surface area contributed by atoms with E-state index in [-0.39, 0.29) is 11.5 Å². The van der Waals surface area contributed by atoms with Crippen molar-refractivity contribution in [2.24, 2.45) is 7.05 Å². The number of benzene rings is 4. The zero-order valence-electron chi connectivity index (χ0n) is 32.3. The van der Waals surface area contributed by atoms with Crippen molar-refractivity contribution in [3.63, 3.8) is 0 Å². The number of aromatic nitrogens is 1. The number of allylic oxidation sites excluding steroid dienone is 11. The van der Waals surface area contributed by atoms with Crippen LogP contribution < -0.4 is 20.4 Å². The van der Waals surface area contributed by atoms with E-state index in [9.17, 15) is 0 Å². The molecule has 0 amide bonds. The predicted molar refractivity (Wildman–Crippen MR) is 234 cm³/mol. The van der Waals surface area contributed by atoms with Crippen LogP contribution in [0.3, 0.4) is 0 Å². The van der Waals surface area contributed by atoms with E-state index >= 15 is 0 Å². The molecular weight excluding hydrogens is 667 g/mol. The van der Waals surface area contributed by atoms with Gasteiger partial charge in [-0.2, -0.15) is 0 Å². The van der Waals surface area contributed by atoms with Crippen molar-refractivity contribution in [1.82, 2.24) is 4.57 Å². The van der Waals surface area contributed by atoms with Gasteiger partial charge < -0.3 is 14.4 Å². The van der Waals surface area contributed by atoms with Crippen molar-refractivity contribution in [2.75, 3.05) is 9.80 Å². The van der Waals surface area contributed by atoms with Crippen LogP contribution in [0.5, 0.6) is 0 Å². The Balaban J connectivity index is 0.965. The molecule has 1 heterocycles. The third-order valence-corrected chi connectivity index (χ3v) is 12.8. The molecule has 0 spiro atoms. The molecule has 5 aliphatic rings. The maximum Gasteiger partial charge on any atom is 0.0580 e. The number of hydrogen-bond donors (Lipinski definition) is 0. The molecule has 0 N–H and O–H groups in total. The number of fused-ring (bicyclic) bond motifs is 5. The summed E-state index contributed by atoms with van der Waals surface area (Å²) in [7, 11) is 2.21. The lowest BCUT2D eigenvalue weighted by atomic mass is 9.78. The lowest BCUT2D eigenvalue weighted by Crippen LogP contribution is -2.41. The average molecular weight is 716 g/mol. The summed E-state index contributed by atoms with van der Waals surface area (Å²) in [5, 5.41) is 4.03. The van der Waals surface area contributed by atoms with Gasteiger partial charge >= 0.3 is 0 Å². The quantitative estimate of drug-likeness (QED) is 0.166. The fourth-order valence-electron chi connectivity index (χ4n) is 9.94. The first kappa shape index (κ1) is 33.7. The number of rotatable bonds is 7. The normalized spacial score (nSPS) is 19.4. The molecule has 55 heavy (non-hydrogen) atoms. The standard InChI is InChI=1S/C52H49N3/c1-52(2)48-20-12-10-18-44(48)45-32-30-42(34-49(45)52)54(38-14-6-4-7-15-38)40-26-22-36(23-27-40)37-24-28-41(29-25-37)55(39-16-8-5-9-17-39)43-31-33-47-46-19-11-13-21-50(46)53(3)51(47)35-43/h4,6-8,10-11,13-19,21-22,24-26,28-30,32-35,43H,5,9,12,20,23,27,31H2,1-3H3. The molecule has 10 rings (SSSR count). The Labute approximate surface area is 325 Å². The summed E-state index contributed by atoms with van der Waals surface area (Å²) in [5.74, 6) is 0. The molecule has 1 unspecified atom stereocenters. The van der Waals surface area contributed by atoms with Crippen LogP contribution >= 0.6 is 0 Å². The molecule has 3 nitrogen and oxygen atoms in total. The van der Waals surface area contributed by atoms with Crippen LogP contribution in [0.15, 0.2) is 157 Å². The molecule has 3 heteroatoms. The van der Waals surface area contributed by atoms with Gasteiger partial charge in [0.05, 0.1) is 6.04 Å². The highest BCUT2D eigenvalue weighted by Crippen LogP contribution is 2.51. The van der Waals surface area contributed by atoms with E-state index in [2.05, 4.69) is 187 Å². The van der Waals surface area contributed by atoms with Crippen LogP contribution in [0, 0.1) is 0 Å². The summed E-state index contributed by atoms with van der Waals surface area (Å²) in [6.45, 7) is 4.83. The van der Waals surface area contributed by atoms with Gasteiger partial charge in [-0.25, -0.2) is 0 Å². The van der Waals surface area contributed by atoms with Crippen molar-refractivity contribution >= 4 is 51.3 Å². The Morgan fingerprint density at radius 2 is 1.51 bits per heavy atom. The summed E-state index contributed by atoms with van der Waals surface area (Å²) < 4.78 is 2.36. The van der Waals surface area contributed by atoms with Crippen molar-refractivity contribution in [1.29, 1.82) is 0 Å². The van der Waals surface area contributed by atoms with Gasteiger partial charge in [0.25, 0.3) is 0 Å². The molecular formula is C52H49N3. The number of para-hydroxylation sites is 2. The Hall–Kier alpha value is -5.80. The Bertz CT molecular complexity index is 2650. The Morgan fingerprint density at radius 3 is 2.31 bits per heavy atom. The van der Waals surface area contributed by atoms with E-state index in [4.69, 9.17) is 0 Å². The molecule has 1 aromatic heterocycles. The van der Waals surface area contributed by atoms with E-state index in [1.807, 2.05) is 0 Å². The maximum absolute atomic E-state index is 2.56. The fourth-order valence-corrected chi connectivity index (χ4v) is 9.94. The van der Waals surface area contributed by atoms with Crippen molar-refractivity contribution in [3.8, 4) is 0 Å². The van der Waals surface area contributed by atoms with Gasteiger partial charge in [-0.1, -0.05) is 110 Å². The monoisotopic (exact) mass is 715 g/mol. The summed E-state index contributed by atoms with van der Waals surface area (Å²) in [6.07, 6.45) is 28.9. The van der Waals surface area contributed by atoms with Crippen LogP contribution in [-0.2, 0) is 12.5 Å². The minimum absolute atomic E-state index is 0.0412. The molecule has 272 valence electrons. The summed E-state index contributed by atoms with van der Waals surface area (Å²) in [6, 6.07) is 36.5. The smallest absolute Gasteiger partial charge is 0.0580 e. The minimum Gasteiger partial charge on any atom is -0.344 e. The van der Waals surface area contributed by atoms with E-state index in [1.54, 1.807) is 5.57 Å².